The fourth-order valence-electron chi connectivity index (χ4n) is 2.12. The molecule has 0 aromatic carbocycles. The zero-order valence-electron chi connectivity index (χ0n) is 10.7. The minimum atomic E-state index is -0.681. The Morgan fingerprint density at radius 2 is 2.45 bits per heavy atom. The molecule has 1 fully saturated rings. The van der Waals surface area contributed by atoms with Crippen LogP contribution in [0.1, 0.15) is 12.6 Å². The molecule has 10 nitrogen and oxygen atoms in total. The van der Waals surface area contributed by atoms with Crippen LogP contribution in [0.2, 0.25) is 0 Å². The van der Waals surface area contributed by atoms with Gasteiger partial charge in [0.25, 0.3) is 5.56 Å². The van der Waals surface area contributed by atoms with Gasteiger partial charge in [-0.15, -0.1) is 0 Å². The Hall–Kier alpha value is -2.29. The first-order valence-corrected chi connectivity index (χ1v) is 5.96. The quantitative estimate of drug-likeness (QED) is 0.404. The molecule has 0 amide bonds. The molecule has 0 saturated carbocycles. The molecule has 3 unspecified atom stereocenters. The summed E-state index contributed by atoms with van der Waals surface area (Å²) in [5.41, 5.74) is 5.82. The second kappa shape index (κ2) is 5.78. The zero-order valence-corrected chi connectivity index (χ0v) is 10.7. The van der Waals surface area contributed by atoms with Gasteiger partial charge < -0.3 is 15.2 Å². The predicted molar refractivity (Wildman–Crippen MR) is 67.6 cm³/mol. The van der Waals surface area contributed by atoms with Crippen molar-refractivity contribution in [3.63, 3.8) is 0 Å². The molecule has 0 bridgehead atoms. The number of aliphatic hydroxyl groups is 1. The average Bonchev–Trinajstić information content (AvgIpc) is 2.82. The van der Waals surface area contributed by atoms with Crippen molar-refractivity contribution < 1.29 is 9.84 Å². The molecule has 1 aliphatic heterocycles. The van der Waals surface area contributed by atoms with Gasteiger partial charge in [-0.2, -0.15) is 0 Å². The van der Waals surface area contributed by atoms with Crippen molar-refractivity contribution in [2.45, 2.75) is 24.8 Å². The van der Waals surface area contributed by atoms with Crippen molar-refractivity contribution >= 4 is 5.69 Å². The van der Waals surface area contributed by atoms with Crippen LogP contribution in [0.25, 0.3) is 0 Å². The lowest BCUT2D eigenvalue weighted by molar-refractivity contribution is -0.0272. The number of aliphatic hydroxyl groups excluding tert-OH is 1. The fraction of sp³-hybridized carbons (Fsp3) is 0.600. The van der Waals surface area contributed by atoms with Crippen LogP contribution in [0.5, 0.6) is 0 Å². The minimum Gasteiger partial charge on any atom is -0.394 e. The van der Waals surface area contributed by atoms with Crippen LogP contribution < -0.4 is 21.5 Å². The summed E-state index contributed by atoms with van der Waals surface area (Å²) in [6, 6.07) is -0.501. The Labute approximate surface area is 112 Å². The number of ether oxygens (including phenoxy) is 1. The lowest BCUT2D eigenvalue weighted by Crippen LogP contribution is -2.33. The van der Waals surface area contributed by atoms with Crippen LogP contribution in [0, 0.1) is 5.53 Å². The van der Waals surface area contributed by atoms with Crippen LogP contribution in [-0.4, -0.2) is 40.5 Å². The largest absolute Gasteiger partial charge is 0.394 e. The van der Waals surface area contributed by atoms with E-state index in [-0.39, 0.29) is 18.7 Å². The van der Waals surface area contributed by atoms with E-state index in [0.29, 0.717) is 0 Å². The number of rotatable bonds is 4. The normalized spacial score (nSPS) is 25.2. The highest BCUT2D eigenvalue weighted by atomic mass is 16.5. The molecule has 3 atom stereocenters. The van der Waals surface area contributed by atoms with E-state index in [1.165, 1.54) is 10.8 Å². The summed E-state index contributed by atoms with van der Waals surface area (Å²) < 4.78 is 6.73. The van der Waals surface area contributed by atoms with Crippen molar-refractivity contribution in [1.82, 2.24) is 14.5 Å². The van der Waals surface area contributed by atoms with Crippen LogP contribution in [0.15, 0.2) is 20.9 Å². The van der Waals surface area contributed by atoms with E-state index >= 15 is 0 Å². The Balaban J connectivity index is 2.36. The number of H-pyrrole nitrogens is 1. The number of aromatic amines is 1. The standard InChI is InChI=1S/C10H14N6O4/c1-12-6-3-16(10(19)13-9(6)18)8-2-5(14-15-11)7(4-17)20-8/h3,5,7-8,11-12,17H,2,4H2,1H3/p+1. The van der Waals surface area contributed by atoms with Gasteiger partial charge in [0.2, 0.25) is 4.91 Å². The van der Waals surface area contributed by atoms with Crippen molar-refractivity contribution in [1.29, 1.82) is 5.53 Å². The highest BCUT2D eigenvalue weighted by Gasteiger charge is 2.39. The van der Waals surface area contributed by atoms with Crippen molar-refractivity contribution in [2.75, 3.05) is 19.0 Å². The van der Waals surface area contributed by atoms with E-state index in [4.69, 9.17) is 10.3 Å². The van der Waals surface area contributed by atoms with E-state index in [2.05, 4.69) is 20.3 Å². The summed E-state index contributed by atoms with van der Waals surface area (Å²) in [7, 11) is 1.56. The number of aromatic nitrogens is 2. The summed E-state index contributed by atoms with van der Waals surface area (Å²) in [4.78, 5) is 28.4. The fourth-order valence-corrected chi connectivity index (χ4v) is 2.12. The van der Waals surface area contributed by atoms with Gasteiger partial charge in [0, 0.05) is 19.7 Å². The van der Waals surface area contributed by atoms with Crippen molar-refractivity contribution in [3.05, 3.63) is 27.0 Å². The molecule has 1 aliphatic rings. The summed E-state index contributed by atoms with van der Waals surface area (Å²) in [5, 5.41) is 15.5. The molecule has 108 valence electrons. The monoisotopic (exact) mass is 283 g/mol. The number of anilines is 1. The number of nitrogens with one attached hydrogen (secondary N) is 3. The summed E-state index contributed by atoms with van der Waals surface area (Å²) >= 11 is 0. The second-order valence-corrected chi connectivity index (χ2v) is 4.29. The van der Waals surface area contributed by atoms with Crippen LogP contribution >= 0.6 is 0 Å². The molecule has 2 rings (SSSR count). The third-order valence-electron chi connectivity index (χ3n) is 3.14. The highest BCUT2D eigenvalue weighted by molar-refractivity contribution is 5.36. The van der Waals surface area contributed by atoms with Crippen molar-refractivity contribution in [3.8, 4) is 0 Å². The number of hydrogen-bond donors (Lipinski definition) is 4. The van der Waals surface area contributed by atoms with E-state index in [0.717, 1.165) is 0 Å². The SMILES string of the molecule is CNc1cn(C2CC(N=[N+]=N)C(CO)O2)c(=O)[nH]c1=O. The zero-order chi connectivity index (χ0) is 14.7. The molecule has 1 saturated heterocycles. The average molecular weight is 283 g/mol. The molecule has 10 heteroatoms. The van der Waals surface area contributed by atoms with Gasteiger partial charge in [0.15, 0.2) is 6.04 Å². The molecule has 1 aromatic heterocycles. The second-order valence-electron chi connectivity index (χ2n) is 4.29. The smallest absolute Gasteiger partial charge is 0.330 e. The van der Waals surface area contributed by atoms with Crippen molar-refractivity contribution in [2.24, 2.45) is 5.11 Å². The maximum absolute atomic E-state index is 11.8. The van der Waals surface area contributed by atoms with Gasteiger partial charge in [-0.25, -0.2) is 4.79 Å². The first-order valence-electron chi connectivity index (χ1n) is 5.96. The minimum absolute atomic E-state index is 0.222. The molecule has 1 aromatic rings. The molecule has 0 radical (unpaired) electrons. The molecule has 2 heterocycles. The summed E-state index contributed by atoms with van der Waals surface area (Å²) in [6.07, 6.45) is 0.313. The molecule has 0 spiro atoms. The Bertz CT molecular complexity index is 646. The molecular formula is C10H15N6O4+. The first-order chi connectivity index (χ1) is 9.60. The maximum atomic E-state index is 11.8. The van der Waals surface area contributed by atoms with Crippen LogP contribution in [0.3, 0.4) is 0 Å². The Kier molecular flexibility index (Phi) is 4.08. The maximum Gasteiger partial charge on any atom is 0.330 e. The Morgan fingerprint density at radius 1 is 1.70 bits per heavy atom. The number of nitrogens with zero attached hydrogens (tertiary/aromatic N) is 3. The van der Waals surface area contributed by atoms with E-state index in [1.54, 1.807) is 7.05 Å². The third kappa shape index (κ3) is 2.52. The van der Waals surface area contributed by atoms with Gasteiger partial charge in [-0.1, -0.05) is 0 Å². The summed E-state index contributed by atoms with van der Waals surface area (Å²) in [6.45, 7) is -0.294. The van der Waals surface area contributed by atoms with Crippen LogP contribution in [0.4, 0.5) is 5.69 Å². The lowest BCUT2D eigenvalue weighted by Gasteiger charge is -2.14. The van der Waals surface area contributed by atoms with Gasteiger partial charge in [0.05, 0.1) is 6.61 Å². The first kappa shape index (κ1) is 14.1. The van der Waals surface area contributed by atoms with Gasteiger partial charge in [0.1, 0.15) is 28.7 Å². The van der Waals surface area contributed by atoms with Crippen LogP contribution in [-0.2, 0) is 4.74 Å². The molecule has 20 heavy (non-hydrogen) atoms. The van der Waals surface area contributed by atoms with E-state index < -0.39 is 29.6 Å². The van der Waals surface area contributed by atoms with E-state index in [1.807, 2.05) is 0 Å². The van der Waals surface area contributed by atoms with E-state index in [9.17, 15) is 14.7 Å². The van der Waals surface area contributed by atoms with Gasteiger partial charge in [-0.3, -0.25) is 14.3 Å². The number of hydrogen-bond acceptors (Lipinski definition) is 7. The molecular weight excluding hydrogens is 268 g/mol. The molecule has 4 N–H and O–H groups in total. The lowest BCUT2D eigenvalue weighted by atomic mass is 10.1. The highest BCUT2D eigenvalue weighted by Crippen LogP contribution is 2.29. The summed E-state index contributed by atoms with van der Waals surface area (Å²) in [5.74, 6) is 0. The topological polar surface area (TPSA) is 147 Å². The Morgan fingerprint density at radius 3 is 3.05 bits per heavy atom. The van der Waals surface area contributed by atoms with Gasteiger partial charge in [-0.05, 0) is 0 Å². The van der Waals surface area contributed by atoms with Gasteiger partial charge >= 0.3 is 5.69 Å². The predicted octanol–water partition coefficient (Wildman–Crippen LogP) is -1.22. The third-order valence-corrected chi connectivity index (χ3v) is 3.14. The molecule has 0 aliphatic carbocycles.